The number of nitrogens with one attached hydrogen (secondary N) is 2. The van der Waals surface area contributed by atoms with Gasteiger partial charge in [0, 0.05) is 18.7 Å². The molecule has 8 heteroatoms. The molecule has 2 aromatic rings. The number of aromatic nitrogens is 1. The number of rotatable bonds is 5. The molecule has 0 aliphatic carbocycles. The highest BCUT2D eigenvalue weighted by molar-refractivity contribution is 5.98. The summed E-state index contributed by atoms with van der Waals surface area (Å²) in [7, 11) is 0. The molecule has 1 aliphatic rings. The second kappa shape index (κ2) is 6.63. The van der Waals surface area contributed by atoms with Crippen LogP contribution in [0.2, 0.25) is 0 Å². The molecule has 1 aromatic heterocycles. The summed E-state index contributed by atoms with van der Waals surface area (Å²) >= 11 is 0. The SMILES string of the molecule is NC(=O)c1cc([N+](=O)[O-])cnc1NCC1NCCc2ccccc21. The van der Waals surface area contributed by atoms with Crippen LogP contribution in [0.5, 0.6) is 0 Å². The number of primary amides is 1. The fraction of sp³-hybridized carbons (Fsp3) is 0.250. The minimum absolute atomic E-state index is 0.00768. The first-order valence-corrected chi connectivity index (χ1v) is 7.55. The standard InChI is InChI=1S/C16H17N5O3/c17-15(22)13-7-11(21(23)24)8-19-16(13)20-9-14-12-4-2-1-3-10(12)5-6-18-14/h1-4,7-8,14,18H,5-6,9H2,(H2,17,22)(H,19,20). The summed E-state index contributed by atoms with van der Waals surface area (Å²) in [5.41, 5.74) is 7.53. The lowest BCUT2D eigenvalue weighted by atomic mass is 9.94. The lowest BCUT2D eigenvalue weighted by molar-refractivity contribution is -0.385. The normalized spacial score (nSPS) is 16.2. The summed E-state index contributed by atoms with van der Waals surface area (Å²) in [5, 5.41) is 17.3. The Morgan fingerprint density at radius 3 is 3.00 bits per heavy atom. The molecule has 3 rings (SSSR count). The van der Waals surface area contributed by atoms with E-state index in [2.05, 4.69) is 27.8 Å². The number of carbonyl (C=O) groups is 1. The van der Waals surface area contributed by atoms with E-state index < -0.39 is 10.8 Å². The third kappa shape index (κ3) is 3.18. The molecule has 4 N–H and O–H groups in total. The maximum Gasteiger partial charge on any atom is 0.288 e. The van der Waals surface area contributed by atoms with E-state index in [-0.39, 0.29) is 23.1 Å². The summed E-state index contributed by atoms with van der Waals surface area (Å²) in [5.74, 6) is -0.511. The minimum Gasteiger partial charge on any atom is -0.367 e. The maximum atomic E-state index is 11.6. The molecular formula is C16H17N5O3. The van der Waals surface area contributed by atoms with Gasteiger partial charge in [-0.05, 0) is 24.1 Å². The summed E-state index contributed by atoms with van der Waals surface area (Å²) in [4.78, 5) is 25.7. The molecule has 1 amide bonds. The number of nitrogens with two attached hydrogens (primary N) is 1. The van der Waals surface area contributed by atoms with Crippen LogP contribution in [0.15, 0.2) is 36.5 Å². The van der Waals surface area contributed by atoms with Crippen molar-refractivity contribution < 1.29 is 9.72 Å². The Morgan fingerprint density at radius 2 is 2.25 bits per heavy atom. The molecule has 0 spiro atoms. The van der Waals surface area contributed by atoms with Crippen molar-refractivity contribution >= 4 is 17.4 Å². The Balaban J connectivity index is 1.80. The average Bonchev–Trinajstić information content (AvgIpc) is 2.59. The van der Waals surface area contributed by atoms with E-state index in [1.807, 2.05) is 12.1 Å². The summed E-state index contributed by atoms with van der Waals surface area (Å²) in [6.45, 7) is 1.35. The molecule has 1 aliphatic heterocycles. The smallest absolute Gasteiger partial charge is 0.288 e. The molecule has 2 heterocycles. The van der Waals surface area contributed by atoms with Gasteiger partial charge in [-0.25, -0.2) is 4.98 Å². The highest BCUT2D eigenvalue weighted by atomic mass is 16.6. The van der Waals surface area contributed by atoms with Crippen molar-refractivity contribution in [2.24, 2.45) is 5.73 Å². The van der Waals surface area contributed by atoms with Crippen LogP contribution in [0.4, 0.5) is 11.5 Å². The van der Waals surface area contributed by atoms with Crippen LogP contribution in [0, 0.1) is 10.1 Å². The van der Waals surface area contributed by atoms with Crippen molar-refractivity contribution in [2.45, 2.75) is 12.5 Å². The van der Waals surface area contributed by atoms with Crippen molar-refractivity contribution in [2.75, 3.05) is 18.4 Å². The van der Waals surface area contributed by atoms with E-state index in [0.29, 0.717) is 6.54 Å². The number of benzene rings is 1. The van der Waals surface area contributed by atoms with Gasteiger partial charge in [-0.3, -0.25) is 14.9 Å². The zero-order valence-electron chi connectivity index (χ0n) is 12.9. The van der Waals surface area contributed by atoms with Crippen LogP contribution < -0.4 is 16.4 Å². The zero-order valence-corrected chi connectivity index (χ0v) is 12.9. The van der Waals surface area contributed by atoms with E-state index in [9.17, 15) is 14.9 Å². The first kappa shape index (κ1) is 15.9. The van der Waals surface area contributed by atoms with Gasteiger partial charge in [0.2, 0.25) is 0 Å². The monoisotopic (exact) mass is 327 g/mol. The number of pyridine rings is 1. The van der Waals surface area contributed by atoms with Gasteiger partial charge < -0.3 is 16.4 Å². The first-order chi connectivity index (χ1) is 11.6. The average molecular weight is 327 g/mol. The number of nitrogens with zero attached hydrogens (tertiary/aromatic N) is 2. The van der Waals surface area contributed by atoms with Crippen LogP contribution >= 0.6 is 0 Å². The van der Waals surface area contributed by atoms with E-state index in [4.69, 9.17) is 5.73 Å². The summed E-state index contributed by atoms with van der Waals surface area (Å²) < 4.78 is 0. The fourth-order valence-electron chi connectivity index (χ4n) is 2.86. The van der Waals surface area contributed by atoms with Crippen LogP contribution in [0.25, 0.3) is 0 Å². The maximum absolute atomic E-state index is 11.6. The number of fused-ring (bicyclic) bond motifs is 1. The van der Waals surface area contributed by atoms with E-state index in [0.717, 1.165) is 25.2 Å². The Morgan fingerprint density at radius 1 is 1.46 bits per heavy atom. The molecule has 1 aromatic carbocycles. The molecule has 0 bridgehead atoms. The Labute approximate surface area is 138 Å². The highest BCUT2D eigenvalue weighted by Crippen LogP contribution is 2.24. The van der Waals surface area contributed by atoms with Crippen molar-refractivity contribution in [3.8, 4) is 0 Å². The molecule has 0 radical (unpaired) electrons. The van der Waals surface area contributed by atoms with Gasteiger partial charge >= 0.3 is 0 Å². The number of hydrogen-bond acceptors (Lipinski definition) is 6. The van der Waals surface area contributed by atoms with E-state index >= 15 is 0 Å². The van der Waals surface area contributed by atoms with Gasteiger partial charge in [0.1, 0.15) is 12.0 Å². The second-order valence-electron chi connectivity index (χ2n) is 5.55. The summed E-state index contributed by atoms with van der Waals surface area (Å²) in [6.07, 6.45) is 2.08. The Hall–Kier alpha value is -3.00. The molecule has 0 saturated carbocycles. The number of nitro groups is 1. The molecule has 8 nitrogen and oxygen atoms in total. The topological polar surface area (TPSA) is 123 Å². The van der Waals surface area contributed by atoms with Gasteiger partial charge in [-0.15, -0.1) is 0 Å². The number of amides is 1. The van der Waals surface area contributed by atoms with Crippen LogP contribution in [-0.2, 0) is 6.42 Å². The number of carbonyl (C=O) groups excluding carboxylic acids is 1. The van der Waals surface area contributed by atoms with Crippen molar-refractivity contribution in [3.63, 3.8) is 0 Å². The van der Waals surface area contributed by atoms with Gasteiger partial charge in [0.25, 0.3) is 11.6 Å². The lowest BCUT2D eigenvalue weighted by Gasteiger charge is -2.27. The Bertz CT molecular complexity index is 793. The van der Waals surface area contributed by atoms with E-state index in [1.165, 1.54) is 11.1 Å². The molecule has 0 fully saturated rings. The Kier molecular flexibility index (Phi) is 4.39. The third-order valence-corrected chi connectivity index (χ3v) is 4.04. The summed E-state index contributed by atoms with van der Waals surface area (Å²) in [6, 6.07) is 9.36. The largest absolute Gasteiger partial charge is 0.367 e. The quantitative estimate of drug-likeness (QED) is 0.563. The van der Waals surface area contributed by atoms with E-state index in [1.54, 1.807) is 0 Å². The molecule has 24 heavy (non-hydrogen) atoms. The predicted molar refractivity (Wildman–Crippen MR) is 88.8 cm³/mol. The second-order valence-corrected chi connectivity index (χ2v) is 5.55. The van der Waals surface area contributed by atoms with Crippen molar-refractivity contribution in [1.82, 2.24) is 10.3 Å². The van der Waals surface area contributed by atoms with Crippen LogP contribution in [0.1, 0.15) is 27.5 Å². The van der Waals surface area contributed by atoms with Crippen LogP contribution in [0.3, 0.4) is 0 Å². The highest BCUT2D eigenvalue weighted by Gasteiger charge is 2.21. The van der Waals surface area contributed by atoms with Gasteiger partial charge in [0.15, 0.2) is 0 Å². The van der Waals surface area contributed by atoms with Crippen molar-refractivity contribution in [1.29, 1.82) is 0 Å². The molecule has 1 atom stereocenters. The number of anilines is 1. The minimum atomic E-state index is -0.759. The third-order valence-electron chi connectivity index (χ3n) is 4.04. The molecule has 124 valence electrons. The van der Waals surface area contributed by atoms with Gasteiger partial charge in [-0.1, -0.05) is 24.3 Å². The first-order valence-electron chi connectivity index (χ1n) is 7.55. The van der Waals surface area contributed by atoms with Gasteiger partial charge in [-0.2, -0.15) is 0 Å². The molecule has 1 unspecified atom stereocenters. The van der Waals surface area contributed by atoms with Crippen LogP contribution in [-0.4, -0.2) is 28.9 Å². The van der Waals surface area contributed by atoms with Gasteiger partial charge in [0.05, 0.1) is 10.5 Å². The lowest BCUT2D eigenvalue weighted by Crippen LogP contribution is -2.34. The predicted octanol–water partition coefficient (Wildman–Crippen LogP) is 1.39. The number of hydrogen-bond donors (Lipinski definition) is 3. The molecular weight excluding hydrogens is 310 g/mol. The fourth-order valence-corrected chi connectivity index (χ4v) is 2.86. The van der Waals surface area contributed by atoms with Crippen molar-refractivity contribution in [3.05, 3.63) is 63.3 Å². The molecule has 0 saturated heterocycles. The zero-order chi connectivity index (χ0) is 17.1.